The van der Waals surface area contributed by atoms with E-state index in [2.05, 4.69) is 35.0 Å². The Morgan fingerprint density at radius 3 is 2.79 bits per heavy atom. The summed E-state index contributed by atoms with van der Waals surface area (Å²) in [6.45, 7) is 2.80. The Kier molecular flexibility index (Phi) is 4.58. The molecule has 0 fully saturated rings. The molecule has 0 saturated heterocycles. The Balaban J connectivity index is 2.77. The summed E-state index contributed by atoms with van der Waals surface area (Å²) in [5.41, 5.74) is 14.0. The van der Waals surface area contributed by atoms with Crippen molar-refractivity contribution in [1.29, 1.82) is 0 Å². The van der Waals surface area contributed by atoms with Crippen molar-refractivity contribution in [3.63, 3.8) is 0 Å². The van der Waals surface area contributed by atoms with Crippen molar-refractivity contribution >= 4 is 15.9 Å². The third-order valence-corrected chi connectivity index (χ3v) is 2.85. The molecule has 1 aromatic carbocycles. The molecule has 0 unspecified atom stereocenters. The molecule has 0 amide bonds. The minimum absolute atomic E-state index is 0.107. The summed E-state index contributed by atoms with van der Waals surface area (Å²) < 4.78 is 1.08. The molecule has 0 bridgehead atoms. The van der Waals surface area contributed by atoms with E-state index in [-0.39, 0.29) is 6.04 Å². The SMILES string of the molecule is Cc1ccc(Br)cc1[C@@H](N)CCCN. The van der Waals surface area contributed by atoms with Gasteiger partial charge in [-0.25, -0.2) is 0 Å². The fourth-order valence-corrected chi connectivity index (χ4v) is 1.88. The van der Waals surface area contributed by atoms with Crippen LogP contribution in [0.1, 0.15) is 30.0 Å². The zero-order chi connectivity index (χ0) is 10.6. The Labute approximate surface area is 93.8 Å². The lowest BCUT2D eigenvalue weighted by Gasteiger charge is -2.14. The van der Waals surface area contributed by atoms with Crippen molar-refractivity contribution in [3.05, 3.63) is 33.8 Å². The summed E-state index contributed by atoms with van der Waals surface area (Å²) in [7, 11) is 0. The molecule has 1 rings (SSSR count). The van der Waals surface area contributed by atoms with Crippen LogP contribution >= 0.6 is 15.9 Å². The lowest BCUT2D eigenvalue weighted by molar-refractivity contribution is 0.615. The van der Waals surface area contributed by atoms with Gasteiger partial charge >= 0.3 is 0 Å². The molecule has 1 atom stereocenters. The van der Waals surface area contributed by atoms with Crippen LogP contribution in [0.4, 0.5) is 0 Å². The van der Waals surface area contributed by atoms with Crippen LogP contribution in [0.25, 0.3) is 0 Å². The number of benzene rings is 1. The Bertz CT molecular complexity index is 299. The summed E-state index contributed by atoms with van der Waals surface area (Å²) in [6, 6.07) is 6.32. The zero-order valence-electron chi connectivity index (χ0n) is 8.46. The molecule has 0 heterocycles. The van der Waals surface area contributed by atoms with Crippen LogP contribution in [0.3, 0.4) is 0 Å². The van der Waals surface area contributed by atoms with Crippen molar-refractivity contribution in [2.24, 2.45) is 11.5 Å². The summed E-state index contributed by atoms with van der Waals surface area (Å²) >= 11 is 3.45. The van der Waals surface area contributed by atoms with Crippen LogP contribution in [-0.4, -0.2) is 6.54 Å². The van der Waals surface area contributed by atoms with Gasteiger partial charge < -0.3 is 11.5 Å². The second-order valence-electron chi connectivity index (χ2n) is 3.54. The molecular weight excluding hydrogens is 240 g/mol. The fraction of sp³-hybridized carbons (Fsp3) is 0.455. The average Bonchev–Trinajstić information content (AvgIpc) is 2.18. The molecule has 78 valence electrons. The van der Waals surface area contributed by atoms with Gasteiger partial charge in [0.1, 0.15) is 0 Å². The van der Waals surface area contributed by atoms with Crippen LogP contribution in [0.2, 0.25) is 0 Å². The second kappa shape index (κ2) is 5.49. The molecule has 1 aromatic rings. The summed E-state index contributed by atoms with van der Waals surface area (Å²) in [4.78, 5) is 0. The number of hydrogen-bond donors (Lipinski definition) is 2. The molecule has 0 spiro atoms. The standard InChI is InChI=1S/C11H17BrN2/c1-8-4-5-9(12)7-10(8)11(14)3-2-6-13/h4-5,7,11H,2-3,6,13-14H2,1H3/t11-/m0/s1. The van der Waals surface area contributed by atoms with E-state index in [0.29, 0.717) is 6.54 Å². The Hall–Kier alpha value is -0.380. The highest BCUT2D eigenvalue weighted by Gasteiger charge is 2.08. The molecule has 0 radical (unpaired) electrons. The van der Waals surface area contributed by atoms with E-state index in [1.807, 2.05) is 6.07 Å². The summed E-state index contributed by atoms with van der Waals surface area (Å²) in [6.07, 6.45) is 1.93. The van der Waals surface area contributed by atoms with E-state index >= 15 is 0 Å². The van der Waals surface area contributed by atoms with Crippen molar-refractivity contribution in [3.8, 4) is 0 Å². The number of rotatable bonds is 4. The first-order valence-electron chi connectivity index (χ1n) is 4.87. The monoisotopic (exact) mass is 256 g/mol. The third-order valence-electron chi connectivity index (χ3n) is 2.36. The van der Waals surface area contributed by atoms with Gasteiger partial charge in [0.2, 0.25) is 0 Å². The fourth-order valence-electron chi connectivity index (χ4n) is 1.50. The highest BCUT2D eigenvalue weighted by Crippen LogP contribution is 2.23. The van der Waals surface area contributed by atoms with Gasteiger partial charge in [0.25, 0.3) is 0 Å². The molecule has 0 aliphatic carbocycles. The largest absolute Gasteiger partial charge is 0.330 e. The quantitative estimate of drug-likeness (QED) is 0.870. The third kappa shape index (κ3) is 3.08. The molecule has 14 heavy (non-hydrogen) atoms. The van der Waals surface area contributed by atoms with E-state index in [1.165, 1.54) is 11.1 Å². The zero-order valence-corrected chi connectivity index (χ0v) is 10.0. The van der Waals surface area contributed by atoms with Crippen molar-refractivity contribution in [1.82, 2.24) is 0 Å². The van der Waals surface area contributed by atoms with Gasteiger partial charge in [-0.1, -0.05) is 22.0 Å². The molecule has 2 nitrogen and oxygen atoms in total. The van der Waals surface area contributed by atoms with Crippen molar-refractivity contribution < 1.29 is 0 Å². The van der Waals surface area contributed by atoms with Crippen LogP contribution in [-0.2, 0) is 0 Å². The molecular formula is C11H17BrN2. The molecule has 0 aliphatic rings. The van der Waals surface area contributed by atoms with E-state index in [4.69, 9.17) is 11.5 Å². The minimum atomic E-state index is 0.107. The van der Waals surface area contributed by atoms with Gasteiger partial charge in [-0.15, -0.1) is 0 Å². The summed E-state index contributed by atoms with van der Waals surface area (Å²) in [5, 5.41) is 0. The highest BCUT2D eigenvalue weighted by molar-refractivity contribution is 9.10. The van der Waals surface area contributed by atoms with Crippen molar-refractivity contribution in [2.45, 2.75) is 25.8 Å². The van der Waals surface area contributed by atoms with Gasteiger partial charge in [0.05, 0.1) is 0 Å². The summed E-state index contributed by atoms with van der Waals surface area (Å²) in [5.74, 6) is 0. The number of aryl methyl sites for hydroxylation is 1. The maximum absolute atomic E-state index is 6.07. The molecule has 4 N–H and O–H groups in total. The van der Waals surface area contributed by atoms with Crippen LogP contribution in [0, 0.1) is 6.92 Å². The molecule has 0 saturated carbocycles. The Morgan fingerprint density at radius 1 is 1.43 bits per heavy atom. The van der Waals surface area contributed by atoms with Gasteiger partial charge in [0.15, 0.2) is 0 Å². The van der Waals surface area contributed by atoms with Crippen molar-refractivity contribution in [2.75, 3.05) is 6.54 Å². The number of halogens is 1. The normalized spacial score (nSPS) is 12.9. The maximum atomic E-state index is 6.07. The first kappa shape index (κ1) is 11.7. The lowest BCUT2D eigenvalue weighted by Crippen LogP contribution is -2.13. The van der Waals surface area contributed by atoms with E-state index in [9.17, 15) is 0 Å². The molecule has 3 heteroatoms. The van der Waals surface area contributed by atoms with Gasteiger partial charge in [-0.3, -0.25) is 0 Å². The van der Waals surface area contributed by atoms with Gasteiger partial charge in [0, 0.05) is 10.5 Å². The topological polar surface area (TPSA) is 52.0 Å². The average molecular weight is 257 g/mol. The highest BCUT2D eigenvalue weighted by atomic mass is 79.9. The lowest BCUT2D eigenvalue weighted by atomic mass is 9.98. The maximum Gasteiger partial charge on any atom is 0.0298 e. The van der Waals surface area contributed by atoms with Crippen LogP contribution < -0.4 is 11.5 Å². The predicted molar refractivity (Wildman–Crippen MR) is 64.1 cm³/mol. The molecule has 0 aliphatic heterocycles. The second-order valence-corrected chi connectivity index (χ2v) is 4.45. The first-order valence-corrected chi connectivity index (χ1v) is 5.66. The predicted octanol–water partition coefficient (Wildman–Crippen LogP) is 2.50. The Morgan fingerprint density at radius 2 is 2.14 bits per heavy atom. The van der Waals surface area contributed by atoms with Crippen LogP contribution in [0.15, 0.2) is 22.7 Å². The van der Waals surface area contributed by atoms with Gasteiger partial charge in [-0.2, -0.15) is 0 Å². The number of nitrogens with two attached hydrogens (primary N) is 2. The minimum Gasteiger partial charge on any atom is -0.330 e. The smallest absolute Gasteiger partial charge is 0.0298 e. The first-order chi connectivity index (χ1) is 6.65. The number of hydrogen-bond acceptors (Lipinski definition) is 2. The van der Waals surface area contributed by atoms with E-state index in [0.717, 1.165) is 17.3 Å². The molecule has 0 aromatic heterocycles. The van der Waals surface area contributed by atoms with Crippen LogP contribution in [0.5, 0.6) is 0 Å². The van der Waals surface area contributed by atoms with E-state index in [1.54, 1.807) is 0 Å². The van der Waals surface area contributed by atoms with Gasteiger partial charge in [-0.05, 0) is 49.6 Å². The van der Waals surface area contributed by atoms with E-state index < -0.39 is 0 Å².